The standard InChI is InChI=1S/C8H16N2/c1-5-7-6-10(4)9-8(7,2)3/h6,9H,5H2,1-4H3. The topological polar surface area (TPSA) is 15.3 Å². The second-order valence-electron chi connectivity index (χ2n) is 3.36. The van der Waals surface area contributed by atoms with E-state index in [0.29, 0.717) is 0 Å². The minimum atomic E-state index is 0.170. The van der Waals surface area contributed by atoms with Gasteiger partial charge in [0.1, 0.15) is 0 Å². The second kappa shape index (κ2) is 2.27. The van der Waals surface area contributed by atoms with Crippen molar-refractivity contribution in [3.63, 3.8) is 0 Å². The van der Waals surface area contributed by atoms with Gasteiger partial charge in [0.05, 0.1) is 5.54 Å². The van der Waals surface area contributed by atoms with E-state index in [-0.39, 0.29) is 5.54 Å². The summed E-state index contributed by atoms with van der Waals surface area (Å²) in [7, 11) is 2.03. The van der Waals surface area contributed by atoms with Crippen molar-refractivity contribution in [3.8, 4) is 0 Å². The van der Waals surface area contributed by atoms with Gasteiger partial charge >= 0.3 is 0 Å². The van der Waals surface area contributed by atoms with E-state index in [4.69, 9.17) is 0 Å². The van der Waals surface area contributed by atoms with Crippen LogP contribution in [0.3, 0.4) is 0 Å². The highest BCUT2D eigenvalue weighted by Crippen LogP contribution is 2.24. The Kier molecular flexibility index (Phi) is 1.73. The Bertz CT molecular complexity index is 159. The van der Waals surface area contributed by atoms with Gasteiger partial charge in [-0.05, 0) is 25.8 Å². The molecule has 0 saturated heterocycles. The lowest BCUT2D eigenvalue weighted by Gasteiger charge is -2.23. The highest BCUT2D eigenvalue weighted by Gasteiger charge is 2.27. The van der Waals surface area contributed by atoms with Crippen LogP contribution < -0.4 is 5.43 Å². The van der Waals surface area contributed by atoms with Crippen LogP contribution in [0.15, 0.2) is 11.8 Å². The van der Waals surface area contributed by atoms with Gasteiger partial charge in [0.15, 0.2) is 0 Å². The Morgan fingerprint density at radius 1 is 1.60 bits per heavy atom. The largest absolute Gasteiger partial charge is 0.318 e. The van der Waals surface area contributed by atoms with Crippen molar-refractivity contribution in [1.29, 1.82) is 0 Å². The van der Waals surface area contributed by atoms with Crippen LogP contribution in [0, 0.1) is 0 Å². The molecule has 0 radical (unpaired) electrons. The Morgan fingerprint density at radius 3 is 2.40 bits per heavy atom. The molecule has 0 fully saturated rings. The average molecular weight is 140 g/mol. The van der Waals surface area contributed by atoms with Crippen molar-refractivity contribution in [1.82, 2.24) is 10.4 Å². The number of nitrogens with zero attached hydrogens (tertiary/aromatic N) is 1. The molecule has 0 unspecified atom stereocenters. The van der Waals surface area contributed by atoms with Gasteiger partial charge in [-0.25, -0.2) is 5.43 Å². The average Bonchev–Trinajstić information content (AvgIpc) is 2.04. The lowest BCUT2D eigenvalue weighted by Crippen LogP contribution is -2.41. The highest BCUT2D eigenvalue weighted by atomic mass is 15.5. The minimum absolute atomic E-state index is 0.170. The summed E-state index contributed by atoms with van der Waals surface area (Å²) in [5.41, 5.74) is 4.97. The van der Waals surface area contributed by atoms with Crippen LogP contribution in [-0.4, -0.2) is 17.6 Å². The van der Waals surface area contributed by atoms with Gasteiger partial charge in [0.25, 0.3) is 0 Å². The highest BCUT2D eigenvalue weighted by molar-refractivity contribution is 5.19. The van der Waals surface area contributed by atoms with Crippen LogP contribution in [0.5, 0.6) is 0 Å². The van der Waals surface area contributed by atoms with Crippen LogP contribution >= 0.6 is 0 Å². The fraction of sp³-hybridized carbons (Fsp3) is 0.750. The van der Waals surface area contributed by atoms with E-state index in [2.05, 4.69) is 32.4 Å². The zero-order valence-electron chi connectivity index (χ0n) is 7.23. The van der Waals surface area contributed by atoms with Gasteiger partial charge in [-0.2, -0.15) is 0 Å². The van der Waals surface area contributed by atoms with Crippen LogP contribution in [0.2, 0.25) is 0 Å². The first-order chi connectivity index (χ1) is 4.56. The first-order valence-electron chi connectivity index (χ1n) is 3.78. The zero-order chi connectivity index (χ0) is 7.78. The van der Waals surface area contributed by atoms with Gasteiger partial charge in [-0.3, -0.25) is 0 Å². The number of hydrogen-bond donors (Lipinski definition) is 1. The van der Waals surface area contributed by atoms with Gasteiger partial charge in [-0.1, -0.05) is 6.92 Å². The molecular weight excluding hydrogens is 124 g/mol. The summed E-state index contributed by atoms with van der Waals surface area (Å²) in [6.45, 7) is 6.59. The van der Waals surface area contributed by atoms with E-state index < -0.39 is 0 Å². The maximum absolute atomic E-state index is 3.33. The summed E-state index contributed by atoms with van der Waals surface area (Å²) in [6.07, 6.45) is 3.30. The molecule has 10 heavy (non-hydrogen) atoms. The van der Waals surface area contributed by atoms with E-state index in [9.17, 15) is 0 Å². The normalized spacial score (nSPS) is 23.2. The molecule has 0 saturated carbocycles. The fourth-order valence-electron chi connectivity index (χ4n) is 1.47. The van der Waals surface area contributed by atoms with E-state index in [1.54, 1.807) is 0 Å². The van der Waals surface area contributed by atoms with Gasteiger partial charge in [-0.15, -0.1) is 0 Å². The smallest absolute Gasteiger partial charge is 0.0542 e. The number of rotatable bonds is 1. The van der Waals surface area contributed by atoms with Crippen molar-refractivity contribution in [3.05, 3.63) is 11.8 Å². The van der Waals surface area contributed by atoms with Crippen molar-refractivity contribution in [2.45, 2.75) is 32.7 Å². The molecule has 0 atom stereocenters. The van der Waals surface area contributed by atoms with Gasteiger partial charge in [0, 0.05) is 13.2 Å². The van der Waals surface area contributed by atoms with Crippen LogP contribution in [-0.2, 0) is 0 Å². The predicted molar refractivity (Wildman–Crippen MR) is 43.4 cm³/mol. The van der Waals surface area contributed by atoms with Crippen LogP contribution in [0.4, 0.5) is 0 Å². The second-order valence-corrected chi connectivity index (χ2v) is 3.36. The molecule has 1 heterocycles. The number of hydrogen-bond acceptors (Lipinski definition) is 2. The van der Waals surface area contributed by atoms with E-state index in [0.717, 1.165) is 6.42 Å². The molecule has 0 aromatic carbocycles. The van der Waals surface area contributed by atoms with Gasteiger partial charge < -0.3 is 5.01 Å². The summed E-state index contributed by atoms with van der Waals surface area (Å²) >= 11 is 0. The minimum Gasteiger partial charge on any atom is -0.318 e. The summed E-state index contributed by atoms with van der Waals surface area (Å²) in [5, 5.41) is 2.03. The molecule has 0 amide bonds. The lowest BCUT2D eigenvalue weighted by molar-refractivity contribution is 0.276. The van der Waals surface area contributed by atoms with Gasteiger partial charge in [0.2, 0.25) is 0 Å². The Morgan fingerprint density at radius 2 is 2.20 bits per heavy atom. The first kappa shape index (κ1) is 7.61. The molecule has 2 heteroatoms. The number of hydrazine groups is 1. The summed E-state index contributed by atoms with van der Waals surface area (Å²) in [6, 6.07) is 0. The molecule has 0 aliphatic carbocycles. The lowest BCUT2D eigenvalue weighted by atomic mass is 9.95. The molecule has 0 aromatic rings. The maximum Gasteiger partial charge on any atom is 0.0542 e. The monoisotopic (exact) mass is 140 g/mol. The first-order valence-corrected chi connectivity index (χ1v) is 3.78. The zero-order valence-corrected chi connectivity index (χ0v) is 7.23. The molecular formula is C8H16N2. The third-order valence-electron chi connectivity index (χ3n) is 1.99. The summed E-state index contributed by atoms with van der Waals surface area (Å²) < 4.78 is 0. The summed E-state index contributed by atoms with van der Waals surface area (Å²) in [5.74, 6) is 0. The van der Waals surface area contributed by atoms with Crippen LogP contribution in [0.25, 0.3) is 0 Å². The quantitative estimate of drug-likeness (QED) is 0.594. The Hall–Kier alpha value is -0.500. The molecule has 0 aromatic heterocycles. The SMILES string of the molecule is CCC1=CN(C)NC1(C)C. The molecule has 1 rings (SSSR count). The number of nitrogens with one attached hydrogen (secondary N) is 1. The van der Waals surface area contributed by atoms with E-state index in [1.165, 1.54) is 5.57 Å². The molecule has 58 valence electrons. The molecule has 2 nitrogen and oxygen atoms in total. The van der Waals surface area contributed by atoms with Crippen LogP contribution in [0.1, 0.15) is 27.2 Å². The van der Waals surface area contributed by atoms with E-state index in [1.807, 2.05) is 12.1 Å². The molecule has 1 aliphatic rings. The Labute approximate surface area is 62.9 Å². The third-order valence-corrected chi connectivity index (χ3v) is 1.99. The predicted octanol–water partition coefficient (Wildman–Crippen LogP) is 1.51. The van der Waals surface area contributed by atoms with Crippen molar-refractivity contribution in [2.24, 2.45) is 0 Å². The molecule has 1 N–H and O–H groups in total. The maximum atomic E-state index is 3.33. The molecule has 0 bridgehead atoms. The van der Waals surface area contributed by atoms with Crippen molar-refractivity contribution < 1.29 is 0 Å². The van der Waals surface area contributed by atoms with E-state index >= 15 is 0 Å². The fourth-order valence-corrected chi connectivity index (χ4v) is 1.47. The Balaban J connectivity index is 2.76. The van der Waals surface area contributed by atoms with Crippen molar-refractivity contribution >= 4 is 0 Å². The molecule has 1 aliphatic heterocycles. The van der Waals surface area contributed by atoms with Crippen molar-refractivity contribution in [2.75, 3.05) is 7.05 Å². The summed E-state index contributed by atoms with van der Waals surface area (Å²) in [4.78, 5) is 0. The third kappa shape index (κ3) is 1.16. The molecule has 0 spiro atoms.